The summed E-state index contributed by atoms with van der Waals surface area (Å²) >= 11 is 5.86. The van der Waals surface area contributed by atoms with E-state index in [0.29, 0.717) is 25.3 Å². The number of aromatic hydroxyl groups is 1. The molecule has 1 aliphatic rings. The summed E-state index contributed by atoms with van der Waals surface area (Å²) < 4.78 is 18.7. The minimum atomic E-state index is -0.309. The first-order valence-corrected chi connectivity index (χ1v) is 7.57. The molecule has 0 bridgehead atoms. The van der Waals surface area contributed by atoms with Crippen LogP contribution in [0, 0.1) is 5.82 Å². The van der Waals surface area contributed by atoms with Gasteiger partial charge >= 0.3 is 0 Å². The van der Waals surface area contributed by atoms with Gasteiger partial charge in [0, 0.05) is 12.1 Å². The Morgan fingerprint density at radius 2 is 2.00 bits per heavy atom. The average molecular weight is 336 g/mol. The van der Waals surface area contributed by atoms with Crippen LogP contribution in [-0.4, -0.2) is 35.6 Å². The molecular formula is C17H15ClFNO3. The first-order chi connectivity index (χ1) is 11.0. The summed E-state index contributed by atoms with van der Waals surface area (Å²) in [7, 11) is 0. The molecule has 2 aromatic carbocycles. The topological polar surface area (TPSA) is 49.8 Å². The van der Waals surface area contributed by atoms with Gasteiger partial charge in [0.25, 0.3) is 5.91 Å². The number of hydrogen-bond donors (Lipinski definition) is 1. The van der Waals surface area contributed by atoms with Gasteiger partial charge in [-0.25, -0.2) is 4.39 Å². The molecule has 0 radical (unpaired) electrons. The van der Waals surface area contributed by atoms with Crippen molar-refractivity contribution >= 4 is 17.5 Å². The Morgan fingerprint density at radius 1 is 1.26 bits per heavy atom. The van der Waals surface area contributed by atoms with E-state index in [1.807, 2.05) is 0 Å². The minimum Gasteiger partial charge on any atom is -0.506 e. The van der Waals surface area contributed by atoms with Crippen molar-refractivity contribution in [3.05, 3.63) is 64.4 Å². The first kappa shape index (κ1) is 15.8. The molecule has 1 saturated heterocycles. The maximum absolute atomic E-state index is 13.0. The van der Waals surface area contributed by atoms with Gasteiger partial charge in [0.15, 0.2) is 0 Å². The van der Waals surface area contributed by atoms with Gasteiger partial charge in [0.2, 0.25) is 0 Å². The molecule has 4 nitrogen and oxygen atoms in total. The fourth-order valence-corrected chi connectivity index (χ4v) is 2.72. The van der Waals surface area contributed by atoms with Gasteiger partial charge < -0.3 is 14.7 Å². The first-order valence-electron chi connectivity index (χ1n) is 7.19. The summed E-state index contributed by atoms with van der Waals surface area (Å²) in [6, 6.07) is 10.4. The van der Waals surface area contributed by atoms with E-state index >= 15 is 0 Å². The molecule has 120 valence electrons. The normalized spacial score (nSPS) is 18.0. The van der Waals surface area contributed by atoms with Crippen molar-refractivity contribution in [3.63, 3.8) is 0 Å². The number of benzene rings is 2. The Bertz CT molecular complexity index is 720. The lowest BCUT2D eigenvalue weighted by atomic mass is 10.1. The largest absolute Gasteiger partial charge is 0.506 e. The molecule has 1 N–H and O–H groups in total. The second-order valence-electron chi connectivity index (χ2n) is 5.33. The van der Waals surface area contributed by atoms with E-state index in [2.05, 4.69) is 0 Å². The third-order valence-electron chi connectivity index (χ3n) is 3.79. The lowest BCUT2D eigenvalue weighted by Crippen LogP contribution is -2.42. The number of halogens is 2. The van der Waals surface area contributed by atoms with Crippen molar-refractivity contribution < 1.29 is 19.0 Å². The zero-order valence-electron chi connectivity index (χ0n) is 12.2. The number of ether oxygens (including phenoxy) is 1. The van der Waals surface area contributed by atoms with Crippen LogP contribution in [0.5, 0.6) is 5.75 Å². The standard InChI is InChI=1S/C17H15ClFNO3/c18-14-9-12(3-6-15(14)21)17(22)20-7-8-23-16(10-20)11-1-4-13(19)5-2-11/h1-6,9,16,21H,7-8,10H2. The van der Waals surface area contributed by atoms with Crippen molar-refractivity contribution in [1.82, 2.24) is 4.90 Å². The Morgan fingerprint density at radius 3 is 2.70 bits per heavy atom. The lowest BCUT2D eigenvalue weighted by Gasteiger charge is -2.33. The SMILES string of the molecule is O=C(c1ccc(O)c(Cl)c1)N1CCOC(c2ccc(F)cc2)C1. The molecule has 0 aliphatic carbocycles. The van der Waals surface area contributed by atoms with E-state index < -0.39 is 0 Å². The molecule has 1 amide bonds. The van der Waals surface area contributed by atoms with Crippen LogP contribution in [0.15, 0.2) is 42.5 Å². The highest BCUT2D eigenvalue weighted by molar-refractivity contribution is 6.32. The van der Waals surface area contributed by atoms with E-state index in [9.17, 15) is 14.3 Å². The van der Waals surface area contributed by atoms with E-state index in [0.717, 1.165) is 5.56 Å². The average Bonchev–Trinajstić information content (AvgIpc) is 2.57. The maximum atomic E-state index is 13.0. The van der Waals surface area contributed by atoms with E-state index in [1.165, 1.54) is 30.3 Å². The zero-order valence-corrected chi connectivity index (χ0v) is 13.0. The third-order valence-corrected chi connectivity index (χ3v) is 4.09. The fraction of sp³-hybridized carbons (Fsp3) is 0.235. The summed E-state index contributed by atoms with van der Waals surface area (Å²) in [6.07, 6.45) is -0.291. The smallest absolute Gasteiger partial charge is 0.254 e. The molecule has 1 fully saturated rings. The summed E-state index contributed by atoms with van der Waals surface area (Å²) in [5, 5.41) is 9.58. The molecular weight excluding hydrogens is 321 g/mol. The molecule has 0 aromatic heterocycles. The highest BCUT2D eigenvalue weighted by Crippen LogP contribution is 2.27. The molecule has 0 spiro atoms. The molecule has 1 unspecified atom stereocenters. The summed E-state index contributed by atoms with van der Waals surface area (Å²) in [5.41, 5.74) is 1.24. The maximum Gasteiger partial charge on any atom is 0.254 e. The van der Waals surface area contributed by atoms with Crippen molar-refractivity contribution in [1.29, 1.82) is 0 Å². The van der Waals surface area contributed by atoms with Crippen LogP contribution in [0.2, 0.25) is 5.02 Å². The molecule has 1 aliphatic heterocycles. The van der Waals surface area contributed by atoms with Gasteiger partial charge in [-0.3, -0.25) is 4.79 Å². The summed E-state index contributed by atoms with van der Waals surface area (Å²) in [4.78, 5) is 14.2. The molecule has 3 rings (SSSR count). The Kier molecular flexibility index (Phi) is 4.50. The number of phenolic OH excluding ortho intramolecular Hbond substituents is 1. The van der Waals surface area contributed by atoms with Gasteiger partial charge in [-0.15, -0.1) is 0 Å². The number of amides is 1. The van der Waals surface area contributed by atoms with Crippen molar-refractivity contribution in [2.45, 2.75) is 6.10 Å². The van der Waals surface area contributed by atoms with E-state index in [4.69, 9.17) is 16.3 Å². The van der Waals surface area contributed by atoms with Crippen LogP contribution in [0.25, 0.3) is 0 Å². The van der Waals surface area contributed by atoms with Crippen molar-refractivity contribution in [2.24, 2.45) is 0 Å². The van der Waals surface area contributed by atoms with Gasteiger partial charge in [-0.2, -0.15) is 0 Å². The number of morpholine rings is 1. The van der Waals surface area contributed by atoms with Crippen LogP contribution in [0.1, 0.15) is 22.0 Å². The predicted octanol–water partition coefficient (Wildman–Crippen LogP) is 3.40. The number of nitrogens with zero attached hydrogens (tertiary/aromatic N) is 1. The molecule has 1 heterocycles. The quantitative estimate of drug-likeness (QED) is 0.915. The van der Waals surface area contributed by atoms with Gasteiger partial charge in [0.05, 0.1) is 18.2 Å². The van der Waals surface area contributed by atoms with Gasteiger partial charge in [-0.1, -0.05) is 23.7 Å². The Hall–Kier alpha value is -2.11. The van der Waals surface area contributed by atoms with E-state index in [-0.39, 0.29) is 28.6 Å². The van der Waals surface area contributed by atoms with Crippen LogP contribution in [0.4, 0.5) is 4.39 Å². The number of carbonyl (C=O) groups excluding carboxylic acids is 1. The summed E-state index contributed by atoms with van der Waals surface area (Å²) in [6.45, 7) is 1.25. The van der Waals surface area contributed by atoms with Gasteiger partial charge in [0.1, 0.15) is 17.7 Å². The Labute approximate surface area is 138 Å². The molecule has 23 heavy (non-hydrogen) atoms. The number of hydrogen-bond acceptors (Lipinski definition) is 3. The molecule has 6 heteroatoms. The number of carbonyl (C=O) groups is 1. The van der Waals surface area contributed by atoms with Crippen molar-refractivity contribution in [2.75, 3.05) is 19.7 Å². The number of phenols is 1. The fourth-order valence-electron chi connectivity index (χ4n) is 2.54. The minimum absolute atomic E-state index is 0.0608. The van der Waals surface area contributed by atoms with Crippen LogP contribution in [-0.2, 0) is 4.74 Å². The molecule has 0 saturated carbocycles. The predicted molar refractivity (Wildman–Crippen MR) is 84.1 cm³/mol. The molecule has 1 atom stereocenters. The van der Waals surface area contributed by atoms with E-state index in [1.54, 1.807) is 17.0 Å². The number of rotatable bonds is 2. The highest BCUT2D eigenvalue weighted by atomic mass is 35.5. The lowest BCUT2D eigenvalue weighted by molar-refractivity contribution is -0.0228. The van der Waals surface area contributed by atoms with Gasteiger partial charge in [-0.05, 0) is 35.9 Å². The Balaban J connectivity index is 1.76. The monoisotopic (exact) mass is 335 g/mol. The summed E-state index contributed by atoms with van der Waals surface area (Å²) in [5.74, 6) is -0.548. The second-order valence-corrected chi connectivity index (χ2v) is 5.74. The van der Waals surface area contributed by atoms with Crippen LogP contribution >= 0.6 is 11.6 Å². The van der Waals surface area contributed by atoms with Crippen LogP contribution in [0.3, 0.4) is 0 Å². The van der Waals surface area contributed by atoms with Crippen LogP contribution < -0.4 is 0 Å². The molecule has 2 aromatic rings. The zero-order chi connectivity index (χ0) is 16.4. The highest BCUT2D eigenvalue weighted by Gasteiger charge is 2.26. The second kappa shape index (κ2) is 6.56. The van der Waals surface area contributed by atoms with Crippen molar-refractivity contribution in [3.8, 4) is 5.75 Å². The third kappa shape index (κ3) is 3.46.